The summed E-state index contributed by atoms with van der Waals surface area (Å²) in [5, 5.41) is 6.74. The number of nitrogens with zero attached hydrogens (tertiary/aromatic N) is 3. The van der Waals surface area contributed by atoms with E-state index in [4.69, 9.17) is 4.74 Å². The fourth-order valence-electron chi connectivity index (χ4n) is 7.06. The van der Waals surface area contributed by atoms with Crippen LogP contribution in [0.15, 0.2) is 72.8 Å². The van der Waals surface area contributed by atoms with Crippen LogP contribution in [-0.2, 0) is 0 Å². The minimum absolute atomic E-state index is 0. The van der Waals surface area contributed by atoms with Gasteiger partial charge in [0, 0.05) is 50.4 Å². The van der Waals surface area contributed by atoms with E-state index < -0.39 is 0 Å². The monoisotopic (exact) mass is 685 g/mol. The fourth-order valence-corrected chi connectivity index (χ4v) is 7.06. The van der Waals surface area contributed by atoms with Crippen LogP contribution in [0, 0.1) is 11.7 Å². The molecule has 3 saturated heterocycles. The quantitative estimate of drug-likeness (QED) is 0.375. The van der Waals surface area contributed by atoms with Crippen LogP contribution in [0.3, 0.4) is 0 Å². The van der Waals surface area contributed by atoms with Crippen molar-refractivity contribution in [3.05, 3.63) is 84.2 Å². The molecule has 0 aliphatic carbocycles. The van der Waals surface area contributed by atoms with Crippen LogP contribution in [0.5, 0.6) is 5.75 Å². The number of amides is 3. The van der Waals surface area contributed by atoms with Gasteiger partial charge in [-0.3, -0.25) is 9.69 Å². The first-order chi connectivity index (χ1) is 21.8. The summed E-state index contributed by atoms with van der Waals surface area (Å²) in [4.78, 5) is 32.6. The molecule has 47 heavy (non-hydrogen) atoms. The molecule has 6 rings (SSSR count). The molecule has 0 spiro atoms. The van der Waals surface area contributed by atoms with Gasteiger partial charge in [0.25, 0.3) is 5.91 Å². The maximum absolute atomic E-state index is 14.4. The zero-order valence-electron chi connectivity index (χ0n) is 27.2. The molecule has 3 heterocycles. The summed E-state index contributed by atoms with van der Waals surface area (Å²) in [7, 11) is 0. The Bertz CT molecular complexity index is 1480. The van der Waals surface area contributed by atoms with Crippen LogP contribution in [-0.4, -0.2) is 92.8 Å². The van der Waals surface area contributed by atoms with E-state index in [9.17, 15) is 14.0 Å². The second kappa shape index (κ2) is 16.3. The van der Waals surface area contributed by atoms with Crippen molar-refractivity contribution in [2.75, 3.05) is 58.9 Å². The van der Waals surface area contributed by atoms with Crippen LogP contribution in [0.1, 0.15) is 37.0 Å². The van der Waals surface area contributed by atoms with Crippen LogP contribution in [0.25, 0.3) is 11.1 Å². The Balaban J connectivity index is 0.00000250. The molecule has 0 radical (unpaired) electrons. The Kier molecular flexibility index (Phi) is 12.7. The zero-order valence-corrected chi connectivity index (χ0v) is 28.7. The van der Waals surface area contributed by atoms with Gasteiger partial charge in [-0.15, -0.1) is 12.4 Å². The van der Waals surface area contributed by atoms with E-state index >= 15 is 0 Å². The molecular formula is C36H46Cl2FN5O3. The number of carbonyl (C=O) groups excluding carboxylic acids is 2. The van der Waals surface area contributed by atoms with Gasteiger partial charge in [0.2, 0.25) is 0 Å². The van der Waals surface area contributed by atoms with Gasteiger partial charge in [0.15, 0.2) is 0 Å². The standard InChI is InChI=1S/C36H45FN5O3.2ClH/c1-26(2)22-30-25-40(36(44)42(20-16-38-17-21-42)31-6-4-3-5-7-31)18-19-41(30)35(43)28-10-13-34(45-32-14-15-39-24-32)33(23-28)27-8-11-29(37)12-9-27;;/h3-13,23,26,30,32,38-39H,14-22,24-25H2,1-2H3;2*1H/q+1;;/p-1/t30-,32-;;/m0../s1. The number of quaternary nitrogens is 1. The highest BCUT2D eigenvalue weighted by Gasteiger charge is 2.46. The van der Waals surface area contributed by atoms with Gasteiger partial charge in [-0.1, -0.05) is 44.2 Å². The van der Waals surface area contributed by atoms with E-state index in [2.05, 4.69) is 36.6 Å². The van der Waals surface area contributed by atoms with Crippen LogP contribution < -0.4 is 32.3 Å². The number of halogens is 3. The van der Waals surface area contributed by atoms with Crippen molar-refractivity contribution < 1.29 is 31.1 Å². The van der Waals surface area contributed by atoms with Crippen LogP contribution >= 0.6 is 12.4 Å². The van der Waals surface area contributed by atoms with E-state index in [0.717, 1.165) is 55.8 Å². The van der Waals surface area contributed by atoms with Crippen LogP contribution in [0.4, 0.5) is 14.9 Å². The van der Waals surface area contributed by atoms with E-state index in [1.54, 1.807) is 12.1 Å². The molecule has 0 bridgehead atoms. The summed E-state index contributed by atoms with van der Waals surface area (Å²) in [5.74, 6) is 0.670. The Morgan fingerprint density at radius 1 is 0.957 bits per heavy atom. The number of carbonyl (C=O) groups is 2. The molecular weight excluding hydrogens is 640 g/mol. The first kappa shape index (κ1) is 36.6. The van der Waals surface area contributed by atoms with Gasteiger partial charge in [0.05, 0.1) is 6.04 Å². The molecule has 0 saturated carbocycles. The van der Waals surface area contributed by atoms with Crippen molar-refractivity contribution in [3.8, 4) is 16.9 Å². The molecule has 3 aliphatic rings. The smallest absolute Gasteiger partial charge is 0.424 e. The third-order valence-electron chi connectivity index (χ3n) is 9.41. The number of urea groups is 1. The average Bonchev–Trinajstić information content (AvgIpc) is 3.58. The number of benzene rings is 3. The van der Waals surface area contributed by atoms with Gasteiger partial charge in [-0.25, -0.2) is 13.7 Å². The number of rotatable bonds is 7. The molecule has 3 aromatic carbocycles. The lowest BCUT2D eigenvalue weighted by Gasteiger charge is -2.46. The van der Waals surface area contributed by atoms with Crippen molar-refractivity contribution >= 4 is 30.0 Å². The number of ether oxygens (including phenoxy) is 1. The summed E-state index contributed by atoms with van der Waals surface area (Å²) in [6.45, 7) is 10.4. The number of hydrogen-bond acceptors (Lipinski definition) is 5. The molecule has 3 fully saturated rings. The highest BCUT2D eigenvalue weighted by Crippen LogP contribution is 2.34. The summed E-state index contributed by atoms with van der Waals surface area (Å²) < 4.78 is 20.5. The van der Waals surface area contributed by atoms with Crippen molar-refractivity contribution in [1.82, 2.24) is 24.9 Å². The first-order valence-corrected chi connectivity index (χ1v) is 16.4. The number of nitrogens with one attached hydrogen (secondary N) is 2. The van der Waals surface area contributed by atoms with Crippen molar-refractivity contribution in [1.29, 1.82) is 0 Å². The lowest BCUT2D eigenvalue weighted by Crippen LogP contribution is -3.00. The molecule has 2 atom stereocenters. The van der Waals surface area contributed by atoms with Crippen molar-refractivity contribution in [2.24, 2.45) is 5.92 Å². The average molecular weight is 687 g/mol. The maximum Gasteiger partial charge on any atom is 0.424 e. The van der Waals surface area contributed by atoms with E-state index in [1.807, 2.05) is 46.2 Å². The lowest BCUT2D eigenvalue weighted by molar-refractivity contribution is -0.0000255. The summed E-state index contributed by atoms with van der Waals surface area (Å²) in [6.07, 6.45) is 1.75. The Hall–Kier alpha value is -3.21. The second-order valence-electron chi connectivity index (χ2n) is 13.0. The normalized spacial score (nSPS) is 20.7. The molecule has 8 nitrogen and oxygen atoms in total. The van der Waals surface area contributed by atoms with Gasteiger partial charge in [0.1, 0.15) is 36.4 Å². The third-order valence-corrected chi connectivity index (χ3v) is 9.41. The summed E-state index contributed by atoms with van der Waals surface area (Å²) in [6, 6.07) is 22.0. The fraction of sp³-hybridized carbons (Fsp3) is 0.444. The first-order valence-electron chi connectivity index (χ1n) is 16.4. The molecule has 3 amide bonds. The van der Waals surface area contributed by atoms with Crippen LogP contribution in [0.2, 0.25) is 0 Å². The number of para-hydroxylation sites is 1. The largest absolute Gasteiger partial charge is 1.00 e. The van der Waals surface area contributed by atoms with E-state index in [-0.39, 0.29) is 54.7 Å². The topological polar surface area (TPSA) is 73.9 Å². The molecule has 254 valence electrons. The summed E-state index contributed by atoms with van der Waals surface area (Å²) >= 11 is 0. The predicted octanol–water partition coefficient (Wildman–Crippen LogP) is 2.56. The Morgan fingerprint density at radius 3 is 2.34 bits per heavy atom. The van der Waals surface area contributed by atoms with Gasteiger partial charge < -0.3 is 32.7 Å². The van der Waals surface area contributed by atoms with Gasteiger partial charge in [-0.05, 0) is 73.3 Å². The second-order valence-corrected chi connectivity index (χ2v) is 13.0. The van der Waals surface area contributed by atoms with E-state index in [0.29, 0.717) is 54.4 Å². The molecule has 2 N–H and O–H groups in total. The van der Waals surface area contributed by atoms with E-state index in [1.165, 1.54) is 12.1 Å². The minimum Gasteiger partial charge on any atom is -1.00 e. The summed E-state index contributed by atoms with van der Waals surface area (Å²) in [5.41, 5.74) is 3.16. The van der Waals surface area contributed by atoms with Crippen molar-refractivity contribution in [2.45, 2.75) is 38.8 Å². The SMILES string of the molecule is CC(C)C[C@H]1CN(C(=O)[N+]2(c3ccccc3)CCNCC2)CCN1C(=O)c1ccc(O[C@H]2CCNC2)c(-c2ccc(F)cc2)c1.Cl.[Cl-]. The highest BCUT2D eigenvalue weighted by atomic mass is 35.5. The molecule has 0 aromatic heterocycles. The molecule has 0 unspecified atom stereocenters. The van der Waals surface area contributed by atoms with Gasteiger partial charge in [-0.2, -0.15) is 0 Å². The highest BCUT2D eigenvalue weighted by molar-refractivity contribution is 5.97. The number of hydrogen-bond donors (Lipinski definition) is 2. The third kappa shape index (κ3) is 8.09. The zero-order chi connectivity index (χ0) is 31.4. The number of piperazine rings is 2. The molecule has 11 heteroatoms. The minimum atomic E-state index is -0.311. The van der Waals surface area contributed by atoms with Gasteiger partial charge >= 0.3 is 6.03 Å². The Morgan fingerprint density at radius 2 is 1.68 bits per heavy atom. The Labute approximate surface area is 290 Å². The molecule has 3 aliphatic heterocycles. The van der Waals surface area contributed by atoms with Crippen molar-refractivity contribution in [3.63, 3.8) is 0 Å². The molecule has 3 aromatic rings. The lowest BCUT2D eigenvalue weighted by atomic mass is 9.97. The predicted molar refractivity (Wildman–Crippen MR) is 183 cm³/mol. The maximum atomic E-state index is 14.4.